The monoisotopic (exact) mass is 289 g/mol. The lowest BCUT2D eigenvalue weighted by molar-refractivity contribution is -0.119. The second kappa shape index (κ2) is 5.04. The van der Waals surface area contributed by atoms with Crippen molar-refractivity contribution < 1.29 is 14.3 Å². The summed E-state index contributed by atoms with van der Waals surface area (Å²) in [5.41, 5.74) is 0.968. The predicted molar refractivity (Wildman–Crippen MR) is 78.5 cm³/mol. The zero-order chi connectivity index (χ0) is 15.1. The van der Waals surface area contributed by atoms with Gasteiger partial charge in [0.1, 0.15) is 11.8 Å². The van der Waals surface area contributed by atoms with E-state index in [4.69, 9.17) is 4.74 Å². The van der Waals surface area contributed by atoms with Crippen LogP contribution in [0.25, 0.3) is 0 Å². The molecule has 1 N–H and O–H groups in total. The average Bonchev–Trinajstić information content (AvgIpc) is 2.88. The first-order chi connectivity index (χ1) is 10.0. The van der Waals surface area contributed by atoms with Gasteiger partial charge < -0.3 is 19.9 Å². The van der Waals surface area contributed by atoms with Crippen molar-refractivity contribution in [3.8, 4) is 5.75 Å². The Bertz CT molecular complexity index is 600. The second-order valence-electron chi connectivity index (χ2n) is 5.70. The molecule has 6 heteroatoms. The van der Waals surface area contributed by atoms with Crippen LogP contribution < -0.4 is 10.1 Å². The third-order valence-corrected chi connectivity index (χ3v) is 4.30. The van der Waals surface area contributed by atoms with Gasteiger partial charge in [-0.2, -0.15) is 0 Å². The van der Waals surface area contributed by atoms with Gasteiger partial charge in [-0.1, -0.05) is 6.07 Å². The summed E-state index contributed by atoms with van der Waals surface area (Å²) in [7, 11) is 5.47. The van der Waals surface area contributed by atoms with Crippen molar-refractivity contribution in [2.75, 3.05) is 33.1 Å². The van der Waals surface area contributed by atoms with Crippen molar-refractivity contribution in [3.63, 3.8) is 0 Å². The summed E-state index contributed by atoms with van der Waals surface area (Å²) < 4.78 is 5.25. The highest BCUT2D eigenvalue weighted by molar-refractivity contribution is 6.11. The summed E-state index contributed by atoms with van der Waals surface area (Å²) in [4.78, 5) is 29.0. The molecule has 0 saturated carbocycles. The Morgan fingerprint density at radius 2 is 2.10 bits per heavy atom. The highest BCUT2D eigenvalue weighted by Crippen LogP contribution is 2.35. The van der Waals surface area contributed by atoms with E-state index >= 15 is 0 Å². The number of fused-ring (bicyclic) bond motifs is 2. The number of ether oxygens (including phenoxy) is 1. The van der Waals surface area contributed by atoms with Crippen molar-refractivity contribution in [2.24, 2.45) is 0 Å². The van der Waals surface area contributed by atoms with E-state index in [2.05, 4.69) is 10.2 Å². The molecular formula is C15H19N3O3. The largest absolute Gasteiger partial charge is 0.495 e. The molecule has 21 heavy (non-hydrogen) atoms. The molecule has 1 saturated heterocycles. The van der Waals surface area contributed by atoms with Crippen LogP contribution in [-0.4, -0.2) is 61.4 Å². The molecule has 1 aromatic carbocycles. The molecule has 0 bridgehead atoms. The molecule has 1 fully saturated rings. The van der Waals surface area contributed by atoms with Crippen molar-refractivity contribution in [2.45, 2.75) is 18.5 Å². The van der Waals surface area contributed by atoms with Gasteiger partial charge in [0.15, 0.2) is 0 Å². The molecular weight excluding hydrogens is 270 g/mol. The highest BCUT2D eigenvalue weighted by atomic mass is 16.5. The van der Waals surface area contributed by atoms with Crippen LogP contribution in [0.2, 0.25) is 0 Å². The molecule has 3 rings (SSSR count). The van der Waals surface area contributed by atoms with Gasteiger partial charge in [0, 0.05) is 12.6 Å². The van der Waals surface area contributed by atoms with Gasteiger partial charge in [0.25, 0.3) is 5.91 Å². The number of hydrogen-bond donors (Lipinski definition) is 1. The molecule has 2 atom stereocenters. The minimum absolute atomic E-state index is 0.114. The Morgan fingerprint density at radius 1 is 1.33 bits per heavy atom. The number of nitrogens with zero attached hydrogens (tertiary/aromatic N) is 2. The lowest BCUT2D eigenvalue weighted by Crippen LogP contribution is -2.40. The number of carbonyl (C=O) groups is 2. The maximum Gasteiger partial charge on any atom is 0.256 e. The van der Waals surface area contributed by atoms with Crippen LogP contribution >= 0.6 is 0 Å². The van der Waals surface area contributed by atoms with Gasteiger partial charge in [-0.05, 0) is 32.6 Å². The molecule has 0 aromatic heterocycles. The van der Waals surface area contributed by atoms with Crippen molar-refractivity contribution in [3.05, 3.63) is 23.8 Å². The SMILES string of the molecule is COc1cccc2c1NC(=O)[C@@H]1C[C@@H](N(C)C)CN1C2=O. The summed E-state index contributed by atoms with van der Waals surface area (Å²) in [6.07, 6.45) is 0.654. The fourth-order valence-corrected chi connectivity index (χ4v) is 3.03. The van der Waals surface area contributed by atoms with E-state index < -0.39 is 6.04 Å². The van der Waals surface area contributed by atoms with E-state index in [0.29, 0.717) is 30.0 Å². The molecule has 6 nitrogen and oxygen atoms in total. The zero-order valence-electron chi connectivity index (χ0n) is 12.4. The molecule has 1 aromatic rings. The lowest BCUT2D eigenvalue weighted by atomic mass is 10.1. The minimum atomic E-state index is -0.415. The number of likely N-dealkylation sites (N-methyl/N-ethyl adjacent to an activating group) is 1. The number of nitrogens with one attached hydrogen (secondary N) is 1. The summed E-state index contributed by atoms with van der Waals surface area (Å²) >= 11 is 0. The summed E-state index contributed by atoms with van der Waals surface area (Å²) in [5, 5.41) is 2.86. The average molecular weight is 289 g/mol. The van der Waals surface area contributed by atoms with Crippen molar-refractivity contribution >= 4 is 17.5 Å². The molecule has 112 valence electrons. The first-order valence-electron chi connectivity index (χ1n) is 6.98. The van der Waals surface area contributed by atoms with E-state index in [1.54, 1.807) is 23.1 Å². The number of carbonyl (C=O) groups excluding carboxylic acids is 2. The highest BCUT2D eigenvalue weighted by Gasteiger charge is 2.43. The normalized spacial score (nSPS) is 24.5. The summed E-state index contributed by atoms with van der Waals surface area (Å²) in [6, 6.07) is 5.03. The van der Waals surface area contributed by atoms with Crippen LogP contribution in [0.15, 0.2) is 18.2 Å². The smallest absolute Gasteiger partial charge is 0.256 e. The van der Waals surface area contributed by atoms with Crippen LogP contribution in [0.1, 0.15) is 16.8 Å². The standard InChI is InChI=1S/C15H19N3O3/c1-17(2)9-7-11-14(19)16-13-10(15(20)18(11)8-9)5-4-6-12(13)21-3/h4-6,9,11H,7-8H2,1-3H3,(H,16,19)/t9-,11+/m1/s1. The lowest BCUT2D eigenvalue weighted by Gasteiger charge is -2.21. The van der Waals surface area contributed by atoms with Gasteiger partial charge in [-0.3, -0.25) is 9.59 Å². The number of benzene rings is 1. The number of methoxy groups -OCH3 is 1. The van der Waals surface area contributed by atoms with Gasteiger partial charge in [0.2, 0.25) is 5.91 Å². The molecule has 2 heterocycles. The number of hydrogen-bond acceptors (Lipinski definition) is 4. The van der Waals surface area contributed by atoms with Gasteiger partial charge in [-0.15, -0.1) is 0 Å². The maximum absolute atomic E-state index is 12.8. The minimum Gasteiger partial charge on any atom is -0.495 e. The Kier molecular flexibility index (Phi) is 3.33. The molecule has 2 aliphatic heterocycles. The molecule has 0 aliphatic carbocycles. The second-order valence-corrected chi connectivity index (χ2v) is 5.70. The van der Waals surface area contributed by atoms with Crippen LogP contribution in [0.3, 0.4) is 0 Å². The Hall–Kier alpha value is -2.08. The third-order valence-electron chi connectivity index (χ3n) is 4.30. The van der Waals surface area contributed by atoms with Crippen molar-refractivity contribution in [1.82, 2.24) is 9.80 Å². The molecule has 0 unspecified atom stereocenters. The number of para-hydroxylation sites is 1. The number of rotatable bonds is 2. The van der Waals surface area contributed by atoms with E-state index in [0.717, 1.165) is 0 Å². The Labute approximate surface area is 123 Å². The molecule has 0 spiro atoms. The fourth-order valence-electron chi connectivity index (χ4n) is 3.03. The fraction of sp³-hybridized carbons (Fsp3) is 0.467. The van der Waals surface area contributed by atoms with Gasteiger partial charge in [0.05, 0.1) is 18.4 Å². The Balaban J connectivity index is 2.03. The van der Waals surface area contributed by atoms with E-state index in [1.165, 1.54) is 7.11 Å². The maximum atomic E-state index is 12.8. The van der Waals surface area contributed by atoms with Crippen molar-refractivity contribution in [1.29, 1.82) is 0 Å². The van der Waals surface area contributed by atoms with Crippen LogP contribution in [0, 0.1) is 0 Å². The van der Waals surface area contributed by atoms with Gasteiger partial charge >= 0.3 is 0 Å². The summed E-state index contributed by atoms with van der Waals surface area (Å²) in [5.74, 6) is 0.257. The zero-order valence-corrected chi connectivity index (χ0v) is 12.4. The first kappa shape index (κ1) is 13.9. The topological polar surface area (TPSA) is 61.9 Å². The quantitative estimate of drug-likeness (QED) is 0.874. The van der Waals surface area contributed by atoms with Gasteiger partial charge in [-0.25, -0.2) is 0 Å². The van der Waals surface area contributed by atoms with E-state index in [9.17, 15) is 9.59 Å². The van der Waals surface area contributed by atoms with Crippen LogP contribution in [-0.2, 0) is 4.79 Å². The first-order valence-corrected chi connectivity index (χ1v) is 6.98. The number of anilines is 1. The molecule has 0 radical (unpaired) electrons. The third kappa shape index (κ3) is 2.15. The van der Waals surface area contributed by atoms with Crippen LogP contribution in [0.4, 0.5) is 5.69 Å². The summed E-state index contributed by atoms with van der Waals surface area (Å²) in [6.45, 7) is 0.570. The molecule has 2 aliphatic rings. The Morgan fingerprint density at radius 3 is 2.76 bits per heavy atom. The van der Waals surface area contributed by atoms with E-state index in [1.807, 2.05) is 14.1 Å². The molecule has 2 amide bonds. The van der Waals surface area contributed by atoms with Crippen LogP contribution in [0.5, 0.6) is 5.75 Å². The van der Waals surface area contributed by atoms with E-state index in [-0.39, 0.29) is 17.9 Å². The number of amides is 2. The predicted octanol–water partition coefficient (Wildman–Crippen LogP) is 0.792.